The molecule has 4 rings (SSSR count). The van der Waals surface area contributed by atoms with Crippen LogP contribution in [0.3, 0.4) is 0 Å². The first-order valence-corrected chi connectivity index (χ1v) is 10.8. The minimum atomic E-state index is -0.334. The maximum absolute atomic E-state index is 12.9. The molecule has 2 aromatic rings. The number of ketones is 1. The number of rotatable bonds is 3. The summed E-state index contributed by atoms with van der Waals surface area (Å²) in [5, 5.41) is 2.67. The lowest BCUT2D eigenvalue weighted by Gasteiger charge is -2.27. The van der Waals surface area contributed by atoms with Crippen molar-refractivity contribution in [3.05, 3.63) is 64.7 Å². The van der Waals surface area contributed by atoms with Crippen LogP contribution in [0, 0.1) is 6.92 Å². The standard InChI is InChI=1S/C23H25NO2S/c1-15-7-10-18(11-8-15)24-23(26)22-19-12-9-17(16-5-3-2-4-6-16)13-20(19)21(25)14-27-22/h7-13,16,22H,2-6,14H2,1H3,(H,24,26)/t22-/m1/s1. The van der Waals surface area contributed by atoms with E-state index in [1.807, 2.05) is 37.3 Å². The number of hydrogen-bond acceptors (Lipinski definition) is 3. The molecule has 1 atom stereocenters. The van der Waals surface area contributed by atoms with Crippen LogP contribution in [-0.2, 0) is 4.79 Å². The van der Waals surface area contributed by atoms with Gasteiger partial charge in [-0.3, -0.25) is 9.59 Å². The van der Waals surface area contributed by atoms with Gasteiger partial charge in [0.2, 0.25) is 5.91 Å². The number of fused-ring (bicyclic) bond motifs is 1. The van der Waals surface area contributed by atoms with E-state index in [0.29, 0.717) is 11.7 Å². The molecule has 0 saturated heterocycles. The Bertz CT molecular complexity index is 853. The maximum Gasteiger partial charge on any atom is 0.242 e. The van der Waals surface area contributed by atoms with E-state index in [4.69, 9.17) is 0 Å². The molecule has 140 valence electrons. The van der Waals surface area contributed by atoms with Crippen molar-refractivity contribution < 1.29 is 9.59 Å². The van der Waals surface area contributed by atoms with Crippen molar-refractivity contribution in [3.63, 3.8) is 0 Å². The monoisotopic (exact) mass is 379 g/mol. The Morgan fingerprint density at radius 2 is 1.78 bits per heavy atom. The van der Waals surface area contributed by atoms with Crippen LogP contribution in [0.15, 0.2) is 42.5 Å². The van der Waals surface area contributed by atoms with Gasteiger partial charge in [-0.15, -0.1) is 11.8 Å². The second-order valence-electron chi connectivity index (χ2n) is 7.65. The van der Waals surface area contributed by atoms with Gasteiger partial charge in [0.25, 0.3) is 0 Å². The summed E-state index contributed by atoms with van der Waals surface area (Å²) in [4.78, 5) is 25.4. The molecule has 0 radical (unpaired) electrons. The van der Waals surface area contributed by atoms with Gasteiger partial charge in [-0.2, -0.15) is 0 Å². The second-order valence-corrected chi connectivity index (χ2v) is 8.74. The molecule has 0 bridgehead atoms. The number of aryl methyl sites for hydroxylation is 1. The van der Waals surface area contributed by atoms with Crippen LogP contribution in [0.1, 0.15) is 70.3 Å². The Morgan fingerprint density at radius 1 is 1.04 bits per heavy atom. The second kappa shape index (κ2) is 7.89. The largest absolute Gasteiger partial charge is 0.325 e. The third-order valence-electron chi connectivity index (χ3n) is 5.68. The molecule has 2 aromatic carbocycles. The normalized spacial score (nSPS) is 20.2. The summed E-state index contributed by atoms with van der Waals surface area (Å²) in [5.74, 6) is 1.02. The molecule has 1 heterocycles. The van der Waals surface area contributed by atoms with Crippen LogP contribution in [0.4, 0.5) is 5.69 Å². The topological polar surface area (TPSA) is 46.2 Å². The number of anilines is 1. The number of nitrogens with one attached hydrogen (secondary N) is 1. The Kier molecular flexibility index (Phi) is 5.35. The van der Waals surface area contributed by atoms with Crippen LogP contribution in [0.5, 0.6) is 0 Å². The minimum Gasteiger partial charge on any atom is -0.325 e. The highest BCUT2D eigenvalue weighted by Gasteiger charge is 2.32. The lowest BCUT2D eigenvalue weighted by atomic mass is 9.82. The van der Waals surface area contributed by atoms with Crippen LogP contribution in [0.2, 0.25) is 0 Å². The molecule has 1 amide bonds. The van der Waals surface area contributed by atoms with Crippen molar-refractivity contribution in [2.75, 3.05) is 11.1 Å². The minimum absolute atomic E-state index is 0.0528. The van der Waals surface area contributed by atoms with Gasteiger partial charge in [-0.1, -0.05) is 49.1 Å². The van der Waals surface area contributed by atoms with E-state index in [9.17, 15) is 9.59 Å². The quantitative estimate of drug-likeness (QED) is 0.749. The Hall–Kier alpha value is -2.07. The van der Waals surface area contributed by atoms with Gasteiger partial charge in [0.15, 0.2) is 5.78 Å². The van der Waals surface area contributed by atoms with E-state index in [0.717, 1.165) is 22.4 Å². The van der Waals surface area contributed by atoms with Crippen molar-refractivity contribution in [1.82, 2.24) is 0 Å². The Morgan fingerprint density at radius 3 is 2.52 bits per heavy atom. The molecular weight excluding hydrogens is 354 g/mol. The van der Waals surface area contributed by atoms with Crippen LogP contribution < -0.4 is 5.32 Å². The lowest BCUT2D eigenvalue weighted by Crippen LogP contribution is -2.26. The smallest absolute Gasteiger partial charge is 0.242 e. The number of thioether (sulfide) groups is 1. The molecule has 1 aliphatic carbocycles. The first-order chi connectivity index (χ1) is 13.1. The molecular formula is C23H25NO2S. The van der Waals surface area contributed by atoms with Gasteiger partial charge < -0.3 is 5.32 Å². The summed E-state index contributed by atoms with van der Waals surface area (Å²) in [5.41, 5.74) is 4.84. The van der Waals surface area contributed by atoms with Gasteiger partial charge >= 0.3 is 0 Å². The predicted octanol–water partition coefficient (Wildman–Crippen LogP) is 5.65. The van der Waals surface area contributed by atoms with Crippen molar-refractivity contribution in [2.45, 2.75) is 50.2 Å². The molecule has 0 unspecified atom stereocenters. The third kappa shape index (κ3) is 3.96. The highest BCUT2D eigenvalue weighted by atomic mass is 32.2. The molecule has 2 aliphatic rings. The number of benzene rings is 2. The summed E-state index contributed by atoms with van der Waals surface area (Å²) in [6, 6.07) is 14.0. The molecule has 4 heteroatoms. The van der Waals surface area contributed by atoms with E-state index in [1.54, 1.807) is 0 Å². The number of Topliss-reactive ketones (excluding diaryl/α,β-unsaturated/α-hetero) is 1. The fraction of sp³-hybridized carbons (Fsp3) is 0.391. The zero-order chi connectivity index (χ0) is 18.8. The SMILES string of the molecule is Cc1ccc(NC(=O)[C@@H]2SCC(=O)c3cc(C4CCCCC4)ccc32)cc1. The number of carbonyl (C=O) groups excluding carboxylic acids is 2. The molecule has 3 nitrogen and oxygen atoms in total. The van der Waals surface area contributed by atoms with Crippen molar-refractivity contribution in [3.8, 4) is 0 Å². The van der Waals surface area contributed by atoms with E-state index >= 15 is 0 Å². The van der Waals surface area contributed by atoms with E-state index in [-0.39, 0.29) is 16.9 Å². The van der Waals surface area contributed by atoms with Crippen LogP contribution in [0.25, 0.3) is 0 Å². The fourth-order valence-corrected chi connectivity index (χ4v) is 5.19. The summed E-state index contributed by atoms with van der Waals surface area (Å²) in [6.45, 7) is 2.02. The third-order valence-corrected chi connectivity index (χ3v) is 6.91. The zero-order valence-electron chi connectivity index (χ0n) is 15.7. The van der Waals surface area contributed by atoms with Gasteiger partial charge in [-0.25, -0.2) is 0 Å². The van der Waals surface area contributed by atoms with Crippen molar-refractivity contribution in [1.29, 1.82) is 0 Å². The predicted molar refractivity (Wildman–Crippen MR) is 112 cm³/mol. The molecule has 1 aliphatic heterocycles. The molecule has 27 heavy (non-hydrogen) atoms. The molecule has 0 spiro atoms. The van der Waals surface area contributed by atoms with Gasteiger partial charge in [0.05, 0.1) is 5.75 Å². The lowest BCUT2D eigenvalue weighted by molar-refractivity contribution is -0.115. The molecule has 1 N–H and O–H groups in total. The van der Waals surface area contributed by atoms with Crippen LogP contribution >= 0.6 is 11.8 Å². The molecule has 0 aromatic heterocycles. The van der Waals surface area contributed by atoms with Gasteiger partial charge in [0, 0.05) is 11.3 Å². The number of carbonyl (C=O) groups is 2. The van der Waals surface area contributed by atoms with E-state index < -0.39 is 0 Å². The van der Waals surface area contributed by atoms with Crippen molar-refractivity contribution in [2.24, 2.45) is 0 Å². The first kappa shape index (κ1) is 18.3. The van der Waals surface area contributed by atoms with Crippen LogP contribution in [-0.4, -0.2) is 17.4 Å². The Labute approximate surface area is 164 Å². The number of amides is 1. The summed E-state index contributed by atoms with van der Waals surface area (Å²) < 4.78 is 0. The highest BCUT2D eigenvalue weighted by Crippen LogP contribution is 2.40. The number of hydrogen-bond donors (Lipinski definition) is 1. The average molecular weight is 380 g/mol. The first-order valence-electron chi connectivity index (χ1n) is 9.78. The van der Waals surface area contributed by atoms with Gasteiger partial charge in [-0.05, 0) is 55.0 Å². The summed E-state index contributed by atoms with van der Waals surface area (Å²) in [7, 11) is 0. The maximum atomic E-state index is 12.9. The average Bonchev–Trinajstić information content (AvgIpc) is 2.70. The summed E-state index contributed by atoms with van der Waals surface area (Å²) >= 11 is 1.42. The zero-order valence-corrected chi connectivity index (χ0v) is 16.5. The summed E-state index contributed by atoms with van der Waals surface area (Å²) in [6.07, 6.45) is 6.27. The molecule has 1 saturated carbocycles. The Balaban J connectivity index is 1.57. The van der Waals surface area contributed by atoms with Gasteiger partial charge in [0.1, 0.15) is 5.25 Å². The van der Waals surface area contributed by atoms with E-state index in [1.165, 1.54) is 49.4 Å². The highest BCUT2D eigenvalue weighted by molar-refractivity contribution is 8.01. The van der Waals surface area contributed by atoms with E-state index in [2.05, 4.69) is 17.4 Å². The van der Waals surface area contributed by atoms with Crippen molar-refractivity contribution >= 4 is 29.1 Å². The molecule has 1 fully saturated rings. The fourth-order valence-electron chi connectivity index (χ4n) is 4.12.